The number of carbonyl (C=O) groups excluding carboxylic acids is 1. The molecule has 0 aliphatic rings. The molecule has 0 bridgehead atoms. The predicted octanol–water partition coefficient (Wildman–Crippen LogP) is 3.49. The molecule has 2 heterocycles. The minimum atomic E-state index is -0.509. The number of rotatable bonds is 7. The Bertz CT molecular complexity index is 849. The molecule has 0 atom stereocenters. The number of alkyl carbamates (subject to hydrolysis) is 1. The predicted molar refractivity (Wildman–Crippen MR) is 111 cm³/mol. The molecule has 0 aliphatic carbocycles. The molecule has 152 valence electrons. The Kier molecular flexibility index (Phi) is 6.83. The Labute approximate surface area is 167 Å². The first kappa shape index (κ1) is 21.5. The van der Waals surface area contributed by atoms with Crippen molar-refractivity contribution in [1.29, 1.82) is 0 Å². The van der Waals surface area contributed by atoms with Gasteiger partial charge in [-0.2, -0.15) is 5.10 Å². The summed E-state index contributed by atoms with van der Waals surface area (Å²) in [5, 5.41) is 10.7. The average molecular weight is 386 g/mol. The molecule has 0 fully saturated rings. The fraction of sp³-hybridized carbons (Fsp3) is 0.476. The van der Waals surface area contributed by atoms with Crippen molar-refractivity contribution >= 4 is 11.8 Å². The molecule has 0 aliphatic heterocycles. The van der Waals surface area contributed by atoms with Crippen LogP contribution in [0, 0.1) is 20.8 Å². The van der Waals surface area contributed by atoms with Gasteiger partial charge in [-0.1, -0.05) is 12.6 Å². The second-order valence-electron chi connectivity index (χ2n) is 7.80. The molecule has 7 heteroatoms. The Morgan fingerprint density at radius 3 is 2.61 bits per heavy atom. The number of aromatic nitrogens is 3. The molecular weight excluding hydrogens is 354 g/mol. The van der Waals surface area contributed by atoms with Gasteiger partial charge in [0, 0.05) is 29.7 Å². The number of hydrogen-bond donors (Lipinski definition) is 2. The van der Waals surface area contributed by atoms with Crippen molar-refractivity contribution in [2.45, 2.75) is 60.2 Å². The van der Waals surface area contributed by atoms with Crippen molar-refractivity contribution in [2.24, 2.45) is 0 Å². The molecule has 0 saturated heterocycles. The van der Waals surface area contributed by atoms with Crippen molar-refractivity contribution in [2.75, 3.05) is 6.54 Å². The summed E-state index contributed by atoms with van der Waals surface area (Å²) in [5.74, 6) is 0. The lowest BCUT2D eigenvalue weighted by atomic mass is 10.1. The number of hydrogen-bond acceptors (Lipinski definition) is 5. The van der Waals surface area contributed by atoms with Crippen LogP contribution in [0.25, 0.3) is 5.70 Å². The van der Waals surface area contributed by atoms with E-state index < -0.39 is 11.7 Å². The largest absolute Gasteiger partial charge is 0.444 e. The molecule has 2 rings (SSSR count). The van der Waals surface area contributed by atoms with Crippen LogP contribution in [0.15, 0.2) is 24.9 Å². The zero-order chi connectivity index (χ0) is 20.9. The zero-order valence-electron chi connectivity index (χ0n) is 17.7. The maximum Gasteiger partial charge on any atom is 0.407 e. The third-order valence-corrected chi connectivity index (χ3v) is 4.26. The summed E-state index contributed by atoms with van der Waals surface area (Å²) < 4.78 is 7.12. The fourth-order valence-electron chi connectivity index (χ4n) is 2.91. The standard InChI is InChI=1S/C21H31N5O2/c1-14-9-8-10-22-18(14)13-24-15(2)19-16(3)25-26(17(19)4)12-11-23-20(27)28-21(5,6)7/h8-10,24H,2,11-13H2,1,3-7H3,(H,23,27). The van der Waals surface area contributed by atoms with E-state index in [4.69, 9.17) is 4.74 Å². The molecule has 2 aromatic heterocycles. The molecule has 7 nitrogen and oxygen atoms in total. The Morgan fingerprint density at radius 2 is 1.96 bits per heavy atom. The van der Waals surface area contributed by atoms with E-state index in [1.165, 1.54) is 0 Å². The molecular formula is C21H31N5O2. The Hall–Kier alpha value is -2.83. The van der Waals surface area contributed by atoms with Gasteiger partial charge in [0.05, 0.1) is 24.5 Å². The molecule has 1 amide bonds. The molecule has 2 aromatic rings. The highest BCUT2D eigenvalue weighted by molar-refractivity contribution is 5.67. The normalized spacial score (nSPS) is 11.2. The lowest BCUT2D eigenvalue weighted by Gasteiger charge is -2.19. The summed E-state index contributed by atoms with van der Waals surface area (Å²) in [6.45, 7) is 17.3. The third kappa shape index (κ3) is 5.84. The monoisotopic (exact) mass is 385 g/mol. The van der Waals surface area contributed by atoms with Crippen LogP contribution in [0.2, 0.25) is 0 Å². The second-order valence-corrected chi connectivity index (χ2v) is 7.80. The second kappa shape index (κ2) is 8.91. The maximum absolute atomic E-state index is 11.8. The summed E-state index contributed by atoms with van der Waals surface area (Å²) in [4.78, 5) is 16.2. The SMILES string of the molecule is C=C(NCc1ncccc1C)c1c(C)nn(CCNC(=O)OC(C)(C)C)c1C. The quantitative estimate of drug-likeness (QED) is 0.762. The van der Waals surface area contributed by atoms with Crippen molar-refractivity contribution in [1.82, 2.24) is 25.4 Å². The highest BCUT2D eigenvalue weighted by Crippen LogP contribution is 2.20. The van der Waals surface area contributed by atoms with Crippen LogP contribution in [0.4, 0.5) is 4.79 Å². The fourth-order valence-corrected chi connectivity index (χ4v) is 2.91. The van der Waals surface area contributed by atoms with Crippen LogP contribution in [0.5, 0.6) is 0 Å². The van der Waals surface area contributed by atoms with Gasteiger partial charge < -0.3 is 15.4 Å². The Morgan fingerprint density at radius 1 is 1.25 bits per heavy atom. The lowest BCUT2D eigenvalue weighted by molar-refractivity contribution is 0.0525. The summed E-state index contributed by atoms with van der Waals surface area (Å²) >= 11 is 0. The number of nitrogens with one attached hydrogen (secondary N) is 2. The van der Waals surface area contributed by atoms with Crippen molar-refractivity contribution in [3.63, 3.8) is 0 Å². The molecule has 2 N–H and O–H groups in total. The van der Waals surface area contributed by atoms with E-state index in [1.807, 2.05) is 58.4 Å². The van der Waals surface area contributed by atoms with Gasteiger partial charge in [-0.15, -0.1) is 0 Å². The third-order valence-electron chi connectivity index (χ3n) is 4.26. The van der Waals surface area contributed by atoms with Crippen molar-refractivity contribution in [3.8, 4) is 0 Å². The van der Waals surface area contributed by atoms with Crippen LogP contribution in [-0.2, 0) is 17.8 Å². The van der Waals surface area contributed by atoms with Gasteiger partial charge in [-0.25, -0.2) is 4.79 Å². The van der Waals surface area contributed by atoms with Gasteiger partial charge >= 0.3 is 6.09 Å². The molecule has 0 saturated carbocycles. The first-order valence-corrected chi connectivity index (χ1v) is 9.43. The first-order valence-electron chi connectivity index (χ1n) is 9.43. The zero-order valence-corrected chi connectivity index (χ0v) is 17.7. The van der Waals surface area contributed by atoms with Gasteiger partial charge in [-0.3, -0.25) is 9.67 Å². The number of amides is 1. The first-order chi connectivity index (χ1) is 13.1. The topological polar surface area (TPSA) is 81.1 Å². The van der Waals surface area contributed by atoms with E-state index in [1.54, 1.807) is 6.20 Å². The minimum absolute atomic E-state index is 0.425. The number of ether oxygens (including phenoxy) is 1. The van der Waals surface area contributed by atoms with E-state index in [0.29, 0.717) is 19.6 Å². The highest BCUT2D eigenvalue weighted by atomic mass is 16.6. The van der Waals surface area contributed by atoms with Crippen LogP contribution in [0.3, 0.4) is 0 Å². The number of nitrogens with zero attached hydrogens (tertiary/aromatic N) is 3. The maximum atomic E-state index is 11.8. The van der Waals surface area contributed by atoms with Crippen LogP contribution in [-0.4, -0.2) is 33.0 Å². The van der Waals surface area contributed by atoms with E-state index in [2.05, 4.69) is 27.3 Å². The van der Waals surface area contributed by atoms with Crippen LogP contribution in [0.1, 0.15) is 49.0 Å². The van der Waals surface area contributed by atoms with Gasteiger partial charge in [0.25, 0.3) is 0 Å². The summed E-state index contributed by atoms with van der Waals surface area (Å²) in [6, 6.07) is 3.97. The number of carbonyl (C=O) groups is 1. The molecule has 0 spiro atoms. The smallest absolute Gasteiger partial charge is 0.407 e. The van der Waals surface area contributed by atoms with E-state index >= 15 is 0 Å². The molecule has 28 heavy (non-hydrogen) atoms. The van der Waals surface area contributed by atoms with Crippen molar-refractivity contribution < 1.29 is 9.53 Å². The molecule has 0 aromatic carbocycles. The van der Waals surface area contributed by atoms with Gasteiger partial charge in [-0.05, 0) is 53.2 Å². The van der Waals surface area contributed by atoms with Crippen LogP contribution < -0.4 is 10.6 Å². The van der Waals surface area contributed by atoms with E-state index in [0.717, 1.165) is 33.9 Å². The minimum Gasteiger partial charge on any atom is -0.444 e. The summed E-state index contributed by atoms with van der Waals surface area (Å²) in [6.07, 6.45) is 1.37. The van der Waals surface area contributed by atoms with Crippen molar-refractivity contribution in [3.05, 3.63) is 53.1 Å². The van der Waals surface area contributed by atoms with Crippen LogP contribution >= 0.6 is 0 Å². The molecule has 0 unspecified atom stereocenters. The lowest BCUT2D eigenvalue weighted by Crippen LogP contribution is -2.34. The average Bonchev–Trinajstić information content (AvgIpc) is 2.86. The summed E-state index contributed by atoms with van der Waals surface area (Å²) in [5.41, 5.74) is 5.32. The summed E-state index contributed by atoms with van der Waals surface area (Å²) in [7, 11) is 0. The van der Waals surface area contributed by atoms with E-state index in [-0.39, 0.29) is 0 Å². The van der Waals surface area contributed by atoms with E-state index in [9.17, 15) is 4.79 Å². The van der Waals surface area contributed by atoms with Gasteiger partial charge in [0.15, 0.2) is 0 Å². The number of pyridine rings is 1. The van der Waals surface area contributed by atoms with Gasteiger partial charge in [0.1, 0.15) is 5.60 Å². The Balaban J connectivity index is 1.96. The van der Waals surface area contributed by atoms with Gasteiger partial charge in [0.2, 0.25) is 0 Å². The highest BCUT2D eigenvalue weighted by Gasteiger charge is 2.17. The number of aryl methyl sites for hydroxylation is 2. The molecule has 0 radical (unpaired) electrons.